The summed E-state index contributed by atoms with van der Waals surface area (Å²) in [6.07, 6.45) is 4.41. The Labute approximate surface area is 153 Å². The summed E-state index contributed by atoms with van der Waals surface area (Å²) >= 11 is 3.58. The van der Waals surface area contributed by atoms with Gasteiger partial charge in [-0.3, -0.25) is 9.69 Å². The highest BCUT2D eigenvalue weighted by molar-refractivity contribution is 9.10. The number of carbonyl (C=O) groups excluding carboxylic acids is 1. The lowest BCUT2D eigenvalue weighted by molar-refractivity contribution is -0.145. The predicted molar refractivity (Wildman–Crippen MR) is 99.2 cm³/mol. The molecule has 1 aliphatic heterocycles. The van der Waals surface area contributed by atoms with Gasteiger partial charge in [0.1, 0.15) is 0 Å². The minimum absolute atomic E-state index is 0.124. The van der Waals surface area contributed by atoms with Gasteiger partial charge in [-0.15, -0.1) is 0 Å². The standard InChI is InChI=1S/C19H28BrNO3/c1-3-23-19(22)14-21-11-9-17(10-12-21)24-13-5-7-16-6-4-8-18(20)15(16)2/h4,6,8,17H,3,5,7,9-14H2,1-2H3. The van der Waals surface area contributed by atoms with Gasteiger partial charge in [-0.05, 0) is 56.7 Å². The zero-order valence-electron chi connectivity index (χ0n) is 14.7. The summed E-state index contributed by atoms with van der Waals surface area (Å²) in [5, 5.41) is 0. The zero-order chi connectivity index (χ0) is 17.4. The number of hydrogen-bond acceptors (Lipinski definition) is 4. The number of esters is 1. The molecule has 0 bridgehead atoms. The molecule has 24 heavy (non-hydrogen) atoms. The molecule has 0 radical (unpaired) electrons. The van der Waals surface area contributed by atoms with Gasteiger partial charge < -0.3 is 9.47 Å². The van der Waals surface area contributed by atoms with Crippen LogP contribution in [0.5, 0.6) is 0 Å². The van der Waals surface area contributed by atoms with E-state index in [-0.39, 0.29) is 5.97 Å². The van der Waals surface area contributed by atoms with E-state index in [2.05, 4.69) is 46.0 Å². The molecule has 0 atom stereocenters. The summed E-state index contributed by atoms with van der Waals surface area (Å²) in [4.78, 5) is 13.6. The second kappa shape index (κ2) is 10.2. The normalized spacial score (nSPS) is 16.3. The second-order valence-corrected chi connectivity index (χ2v) is 7.13. The SMILES string of the molecule is CCOC(=O)CN1CCC(OCCCc2cccc(Br)c2C)CC1. The van der Waals surface area contributed by atoms with Gasteiger partial charge in [-0.2, -0.15) is 0 Å². The van der Waals surface area contributed by atoms with Crippen molar-refractivity contribution in [3.05, 3.63) is 33.8 Å². The van der Waals surface area contributed by atoms with Crippen molar-refractivity contribution in [3.63, 3.8) is 0 Å². The number of ether oxygens (including phenoxy) is 2. The number of hydrogen-bond donors (Lipinski definition) is 0. The third-order valence-corrected chi connectivity index (χ3v) is 5.38. The largest absolute Gasteiger partial charge is 0.465 e. The summed E-state index contributed by atoms with van der Waals surface area (Å²) in [5.74, 6) is -0.124. The summed E-state index contributed by atoms with van der Waals surface area (Å²) in [6, 6.07) is 6.36. The zero-order valence-corrected chi connectivity index (χ0v) is 16.3. The van der Waals surface area contributed by atoms with Crippen LogP contribution in [0, 0.1) is 6.92 Å². The molecule has 5 heteroatoms. The lowest BCUT2D eigenvalue weighted by Gasteiger charge is -2.31. The molecule has 1 aromatic carbocycles. The molecule has 0 unspecified atom stereocenters. The van der Waals surface area contributed by atoms with E-state index in [4.69, 9.17) is 9.47 Å². The molecule has 0 aromatic heterocycles. The highest BCUT2D eigenvalue weighted by Crippen LogP contribution is 2.21. The van der Waals surface area contributed by atoms with E-state index in [0.29, 0.717) is 19.3 Å². The van der Waals surface area contributed by atoms with Crippen molar-refractivity contribution in [1.29, 1.82) is 0 Å². The number of aryl methyl sites for hydroxylation is 1. The van der Waals surface area contributed by atoms with Crippen LogP contribution in [0.3, 0.4) is 0 Å². The molecule has 1 fully saturated rings. The number of halogens is 1. The minimum Gasteiger partial charge on any atom is -0.465 e. The molecule has 1 saturated heterocycles. The van der Waals surface area contributed by atoms with Crippen LogP contribution in [0.15, 0.2) is 22.7 Å². The van der Waals surface area contributed by atoms with E-state index < -0.39 is 0 Å². The van der Waals surface area contributed by atoms with Gasteiger partial charge in [0.15, 0.2) is 0 Å². The van der Waals surface area contributed by atoms with Crippen LogP contribution in [0.2, 0.25) is 0 Å². The third kappa shape index (κ3) is 6.19. The van der Waals surface area contributed by atoms with Crippen LogP contribution in [0.1, 0.15) is 37.3 Å². The quantitative estimate of drug-likeness (QED) is 0.494. The summed E-state index contributed by atoms with van der Waals surface area (Å²) in [5.41, 5.74) is 2.71. The van der Waals surface area contributed by atoms with E-state index in [1.54, 1.807) is 0 Å². The predicted octanol–water partition coefficient (Wildman–Crippen LogP) is 3.73. The summed E-state index contributed by atoms with van der Waals surface area (Å²) < 4.78 is 12.2. The topological polar surface area (TPSA) is 38.8 Å². The number of carbonyl (C=O) groups is 1. The Morgan fingerprint density at radius 2 is 2.08 bits per heavy atom. The fourth-order valence-electron chi connectivity index (χ4n) is 3.06. The van der Waals surface area contributed by atoms with Gasteiger partial charge in [0.25, 0.3) is 0 Å². The number of benzene rings is 1. The Bertz CT molecular complexity index is 527. The molecule has 0 aliphatic carbocycles. The van der Waals surface area contributed by atoms with Crippen molar-refractivity contribution in [2.75, 3.05) is 32.8 Å². The monoisotopic (exact) mass is 397 g/mol. The maximum Gasteiger partial charge on any atom is 0.320 e. The lowest BCUT2D eigenvalue weighted by atomic mass is 10.0. The van der Waals surface area contributed by atoms with Gasteiger partial charge in [0, 0.05) is 24.2 Å². The van der Waals surface area contributed by atoms with E-state index in [9.17, 15) is 4.79 Å². The molecule has 0 saturated carbocycles. The Morgan fingerprint density at radius 1 is 1.33 bits per heavy atom. The number of nitrogens with zero attached hydrogens (tertiary/aromatic N) is 1. The van der Waals surface area contributed by atoms with Gasteiger partial charge in [0.2, 0.25) is 0 Å². The maximum atomic E-state index is 11.5. The first-order chi connectivity index (χ1) is 11.6. The van der Waals surface area contributed by atoms with Gasteiger partial charge >= 0.3 is 5.97 Å². The van der Waals surface area contributed by atoms with Crippen molar-refractivity contribution >= 4 is 21.9 Å². The number of piperidine rings is 1. The first kappa shape index (κ1) is 19.4. The van der Waals surface area contributed by atoms with Crippen LogP contribution in [-0.4, -0.2) is 49.8 Å². The first-order valence-corrected chi connectivity index (χ1v) is 9.63. The third-order valence-electron chi connectivity index (χ3n) is 4.52. The second-order valence-electron chi connectivity index (χ2n) is 6.28. The van der Waals surface area contributed by atoms with E-state index in [1.165, 1.54) is 15.6 Å². The van der Waals surface area contributed by atoms with Gasteiger partial charge in [0.05, 0.1) is 19.3 Å². The van der Waals surface area contributed by atoms with Crippen LogP contribution in [-0.2, 0) is 20.7 Å². The van der Waals surface area contributed by atoms with Crippen molar-refractivity contribution in [3.8, 4) is 0 Å². The average Bonchev–Trinajstić information content (AvgIpc) is 2.57. The molecular formula is C19H28BrNO3. The van der Waals surface area contributed by atoms with Crippen molar-refractivity contribution < 1.29 is 14.3 Å². The van der Waals surface area contributed by atoms with E-state index in [1.807, 2.05) is 6.92 Å². The number of rotatable bonds is 8. The molecule has 0 spiro atoms. The number of likely N-dealkylation sites (tertiary alicyclic amines) is 1. The van der Waals surface area contributed by atoms with E-state index >= 15 is 0 Å². The molecular weight excluding hydrogens is 370 g/mol. The molecule has 4 nitrogen and oxygen atoms in total. The first-order valence-electron chi connectivity index (χ1n) is 8.83. The Hall–Kier alpha value is -0.910. The fourth-order valence-corrected chi connectivity index (χ4v) is 3.47. The van der Waals surface area contributed by atoms with Crippen molar-refractivity contribution in [1.82, 2.24) is 4.90 Å². The Kier molecular flexibility index (Phi) is 8.22. The molecule has 1 aliphatic rings. The summed E-state index contributed by atoms with van der Waals surface area (Å²) in [6.45, 7) is 7.47. The van der Waals surface area contributed by atoms with E-state index in [0.717, 1.165) is 45.4 Å². The van der Waals surface area contributed by atoms with Crippen LogP contribution in [0.4, 0.5) is 0 Å². The molecule has 0 amide bonds. The minimum atomic E-state index is -0.124. The lowest BCUT2D eigenvalue weighted by Crippen LogP contribution is -2.40. The maximum absolute atomic E-state index is 11.5. The molecule has 1 aromatic rings. The Balaban J connectivity index is 1.61. The fraction of sp³-hybridized carbons (Fsp3) is 0.632. The van der Waals surface area contributed by atoms with Crippen LogP contribution < -0.4 is 0 Å². The molecule has 0 N–H and O–H groups in total. The highest BCUT2D eigenvalue weighted by atomic mass is 79.9. The van der Waals surface area contributed by atoms with Crippen molar-refractivity contribution in [2.24, 2.45) is 0 Å². The molecule has 2 rings (SSSR count). The van der Waals surface area contributed by atoms with Crippen LogP contribution in [0.25, 0.3) is 0 Å². The smallest absolute Gasteiger partial charge is 0.320 e. The van der Waals surface area contributed by atoms with Crippen LogP contribution >= 0.6 is 15.9 Å². The van der Waals surface area contributed by atoms with Gasteiger partial charge in [-0.25, -0.2) is 0 Å². The average molecular weight is 398 g/mol. The molecule has 134 valence electrons. The highest BCUT2D eigenvalue weighted by Gasteiger charge is 2.21. The Morgan fingerprint density at radius 3 is 2.79 bits per heavy atom. The summed E-state index contributed by atoms with van der Waals surface area (Å²) in [7, 11) is 0. The molecule has 1 heterocycles. The van der Waals surface area contributed by atoms with Gasteiger partial charge in [-0.1, -0.05) is 28.1 Å². The van der Waals surface area contributed by atoms with Crippen molar-refractivity contribution in [2.45, 2.75) is 45.6 Å².